The lowest BCUT2D eigenvalue weighted by Gasteiger charge is -2.08. The average Bonchev–Trinajstić information content (AvgIpc) is 3.40. The Kier molecular flexibility index (Phi) is 5.27. The Morgan fingerprint density at radius 1 is 1.25 bits per heavy atom. The highest BCUT2D eigenvalue weighted by atomic mass is 32.2. The molecule has 9 heteroatoms. The second-order valence-electron chi connectivity index (χ2n) is 6.18. The van der Waals surface area contributed by atoms with E-state index in [1.807, 2.05) is 54.8 Å². The zero-order chi connectivity index (χ0) is 19.5. The van der Waals surface area contributed by atoms with Gasteiger partial charge in [-0.05, 0) is 24.4 Å². The first-order chi connectivity index (χ1) is 13.6. The lowest BCUT2D eigenvalue weighted by Crippen LogP contribution is -2.20. The number of nitrogens with two attached hydrogens (primary N) is 1. The van der Waals surface area contributed by atoms with E-state index in [4.69, 9.17) is 10.3 Å². The molecule has 7 nitrogen and oxygen atoms in total. The molecule has 4 aromatic rings. The molecule has 0 aliphatic carbocycles. The van der Waals surface area contributed by atoms with Gasteiger partial charge in [-0.3, -0.25) is 9.36 Å². The summed E-state index contributed by atoms with van der Waals surface area (Å²) in [5.41, 5.74) is 8.23. The van der Waals surface area contributed by atoms with Crippen LogP contribution in [0.1, 0.15) is 11.3 Å². The molecule has 3 aromatic heterocycles. The van der Waals surface area contributed by atoms with Crippen LogP contribution in [0.4, 0.5) is 0 Å². The highest BCUT2D eigenvalue weighted by Crippen LogP contribution is 2.29. The van der Waals surface area contributed by atoms with Crippen LogP contribution in [0.25, 0.3) is 22.0 Å². The fourth-order valence-corrected chi connectivity index (χ4v) is 4.24. The summed E-state index contributed by atoms with van der Waals surface area (Å²) in [6.07, 6.45) is 0. The molecule has 3 heterocycles. The number of hydrogen-bond acceptors (Lipinski definition) is 7. The Bertz CT molecular complexity index is 1100. The van der Waals surface area contributed by atoms with Crippen LogP contribution < -0.4 is 5.73 Å². The van der Waals surface area contributed by atoms with Crippen LogP contribution in [0.2, 0.25) is 0 Å². The van der Waals surface area contributed by atoms with E-state index in [0.717, 1.165) is 27.5 Å². The van der Waals surface area contributed by atoms with Gasteiger partial charge in [-0.1, -0.05) is 46.7 Å². The van der Waals surface area contributed by atoms with E-state index in [1.54, 1.807) is 15.9 Å². The van der Waals surface area contributed by atoms with Gasteiger partial charge in [-0.25, -0.2) is 0 Å². The normalized spacial score (nSPS) is 11.0. The molecule has 0 bridgehead atoms. The molecule has 0 unspecified atom stereocenters. The molecule has 0 radical (unpaired) electrons. The van der Waals surface area contributed by atoms with Gasteiger partial charge >= 0.3 is 0 Å². The summed E-state index contributed by atoms with van der Waals surface area (Å²) in [7, 11) is 0. The van der Waals surface area contributed by atoms with E-state index in [-0.39, 0.29) is 6.54 Å². The summed E-state index contributed by atoms with van der Waals surface area (Å²) in [5, 5.41) is 15.3. The predicted molar refractivity (Wildman–Crippen MR) is 109 cm³/mol. The molecule has 4 rings (SSSR count). The van der Waals surface area contributed by atoms with E-state index in [1.165, 1.54) is 11.8 Å². The Morgan fingerprint density at radius 2 is 2.14 bits per heavy atom. The molecule has 2 N–H and O–H groups in total. The van der Waals surface area contributed by atoms with Crippen molar-refractivity contribution < 1.29 is 9.32 Å². The van der Waals surface area contributed by atoms with Gasteiger partial charge in [0.05, 0.1) is 10.6 Å². The SMILES string of the molecule is Cc1cccc(-c2nnc(SCc3cc(-c4cccs4)on3)n2CC(N)=O)c1. The number of rotatable bonds is 7. The van der Waals surface area contributed by atoms with Crippen LogP contribution in [-0.4, -0.2) is 25.8 Å². The number of hydrogen-bond donors (Lipinski definition) is 1. The maximum absolute atomic E-state index is 11.6. The van der Waals surface area contributed by atoms with Crippen molar-refractivity contribution in [2.45, 2.75) is 24.4 Å². The summed E-state index contributed by atoms with van der Waals surface area (Å²) in [6, 6.07) is 13.8. The van der Waals surface area contributed by atoms with Crippen LogP contribution in [0.15, 0.2) is 57.5 Å². The van der Waals surface area contributed by atoms with Crippen molar-refractivity contribution in [1.82, 2.24) is 19.9 Å². The maximum atomic E-state index is 11.6. The Morgan fingerprint density at radius 3 is 2.89 bits per heavy atom. The van der Waals surface area contributed by atoms with Crippen LogP contribution in [-0.2, 0) is 17.1 Å². The lowest BCUT2D eigenvalue weighted by atomic mass is 10.1. The van der Waals surface area contributed by atoms with Crippen molar-refractivity contribution in [2.24, 2.45) is 5.73 Å². The summed E-state index contributed by atoms with van der Waals surface area (Å²) < 4.78 is 7.15. The van der Waals surface area contributed by atoms with Gasteiger partial charge in [-0.2, -0.15) is 0 Å². The standard InChI is InChI=1S/C19H17N5O2S2/c1-12-4-2-5-13(8-12)18-21-22-19(24(18)10-17(20)25)28-11-14-9-15(26-23-14)16-6-3-7-27-16/h2-9H,10-11H2,1H3,(H2,20,25). The van der Waals surface area contributed by atoms with Crippen molar-refractivity contribution >= 4 is 29.0 Å². The lowest BCUT2D eigenvalue weighted by molar-refractivity contribution is -0.118. The molecular weight excluding hydrogens is 394 g/mol. The molecule has 0 saturated carbocycles. The van der Waals surface area contributed by atoms with Gasteiger partial charge in [-0.15, -0.1) is 21.5 Å². The van der Waals surface area contributed by atoms with Gasteiger partial charge in [0.2, 0.25) is 5.91 Å². The molecule has 0 aliphatic heterocycles. The molecule has 28 heavy (non-hydrogen) atoms. The molecule has 0 fully saturated rings. The van der Waals surface area contributed by atoms with E-state index in [0.29, 0.717) is 16.7 Å². The van der Waals surface area contributed by atoms with Crippen molar-refractivity contribution in [3.63, 3.8) is 0 Å². The highest BCUT2D eigenvalue weighted by Gasteiger charge is 2.17. The molecule has 0 spiro atoms. The largest absolute Gasteiger partial charge is 0.368 e. The number of carbonyl (C=O) groups excluding carboxylic acids is 1. The van der Waals surface area contributed by atoms with Crippen molar-refractivity contribution in [3.05, 3.63) is 59.1 Å². The Balaban J connectivity index is 1.57. The van der Waals surface area contributed by atoms with E-state index >= 15 is 0 Å². The van der Waals surface area contributed by atoms with Crippen LogP contribution in [0.5, 0.6) is 0 Å². The van der Waals surface area contributed by atoms with Gasteiger partial charge < -0.3 is 10.3 Å². The van der Waals surface area contributed by atoms with E-state index in [2.05, 4.69) is 15.4 Å². The van der Waals surface area contributed by atoms with Crippen LogP contribution in [0.3, 0.4) is 0 Å². The number of nitrogens with zero attached hydrogens (tertiary/aromatic N) is 4. The molecule has 0 aliphatic rings. The zero-order valence-electron chi connectivity index (χ0n) is 15.0. The Hall–Kier alpha value is -2.91. The first kappa shape index (κ1) is 18.5. The minimum absolute atomic E-state index is 0.0118. The third-order valence-electron chi connectivity index (χ3n) is 3.98. The summed E-state index contributed by atoms with van der Waals surface area (Å²) >= 11 is 3.03. The van der Waals surface area contributed by atoms with Crippen molar-refractivity contribution in [2.75, 3.05) is 0 Å². The molecular formula is C19H17N5O2S2. The number of thioether (sulfide) groups is 1. The first-order valence-corrected chi connectivity index (χ1v) is 10.4. The second kappa shape index (κ2) is 7.99. The van der Waals surface area contributed by atoms with E-state index < -0.39 is 5.91 Å². The smallest absolute Gasteiger partial charge is 0.237 e. The number of aromatic nitrogens is 4. The third kappa shape index (κ3) is 4.00. The molecule has 0 saturated heterocycles. The number of thiophene rings is 1. The van der Waals surface area contributed by atoms with Gasteiger partial charge in [0.25, 0.3) is 0 Å². The van der Waals surface area contributed by atoms with Gasteiger partial charge in [0.15, 0.2) is 16.7 Å². The zero-order valence-corrected chi connectivity index (χ0v) is 16.7. The number of primary amides is 1. The molecule has 1 aromatic carbocycles. The van der Waals surface area contributed by atoms with E-state index in [9.17, 15) is 4.79 Å². The highest BCUT2D eigenvalue weighted by molar-refractivity contribution is 7.98. The fraction of sp³-hybridized carbons (Fsp3) is 0.158. The second-order valence-corrected chi connectivity index (χ2v) is 8.07. The third-order valence-corrected chi connectivity index (χ3v) is 5.86. The minimum atomic E-state index is -0.447. The van der Waals surface area contributed by atoms with Gasteiger partial charge in [0, 0.05) is 17.4 Å². The number of carbonyl (C=O) groups is 1. The number of aryl methyl sites for hydroxylation is 1. The summed E-state index contributed by atoms with van der Waals surface area (Å²) in [5.74, 6) is 1.45. The quantitative estimate of drug-likeness (QED) is 0.465. The minimum Gasteiger partial charge on any atom is -0.368 e. The van der Waals surface area contributed by atoms with Gasteiger partial charge in [0.1, 0.15) is 6.54 Å². The van der Waals surface area contributed by atoms with Crippen molar-refractivity contribution in [3.8, 4) is 22.0 Å². The molecule has 1 amide bonds. The molecule has 0 atom stereocenters. The maximum Gasteiger partial charge on any atom is 0.237 e. The number of amides is 1. The topological polar surface area (TPSA) is 99.8 Å². The Labute approximate surface area is 169 Å². The fourth-order valence-electron chi connectivity index (χ4n) is 2.74. The predicted octanol–water partition coefficient (Wildman–Crippen LogP) is 3.75. The monoisotopic (exact) mass is 411 g/mol. The van der Waals surface area contributed by atoms with Crippen LogP contribution in [0, 0.1) is 6.92 Å². The van der Waals surface area contributed by atoms with Crippen LogP contribution >= 0.6 is 23.1 Å². The van der Waals surface area contributed by atoms with Crippen molar-refractivity contribution in [1.29, 1.82) is 0 Å². The average molecular weight is 412 g/mol. The first-order valence-electron chi connectivity index (χ1n) is 8.51. The summed E-state index contributed by atoms with van der Waals surface area (Å²) in [4.78, 5) is 12.6. The molecule has 142 valence electrons. The summed E-state index contributed by atoms with van der Waals surface area (Å²) in [6.45, 7) is 2.02. The number of benzene rings is 1.